The topological polar surface area (TPSA) is 0 Å². The van der Waals surface area contributed by atoms with E-state index in [2.05, 4.69) is 0 Å². The summed E-state index contributed by atoms with van der Waals surface area (Å²) in [6.07, 6.45) is 15.7. The first-order valence-electron chi connectivity index (χ1n) is 6.21. The van der Waals surface area contributed by atoms with Gasteiger partial charge in [0.05, 0.1) is 0 Å². The summed E-state index contributed by atoms with van der Waals surface area (Å²) in [6, 6.07) is 0. The van der Waals surface area contributed by atoms with Gasteiger partial charge in [0.1, 0.15) is 0 Å². The van der Waals surface area contributed by atoms with Crippen LogP contribution in [-0.2, 0) is 0 Å². The molecule has 2 aliphatic rings. The fourth-order valence-electron chi connectivity index (χ4n) is 2.87. The van der Waals surface area contributed by atoms with Gasteiger partial charge in [0, 0.05) is 0 Å². The zero-order valence-corrected chi connectivity index (χ0v) is 13.1. The summed E-state index contributed by atoms with van der Waals surface area (Å²) in [5.74, 6) is 0. The fraction of sp³-hybridized carbons (Fsp3) is 1.00. The van der Waals surface area contributed by atoms with Gasteiger partial charge in [0.2, 0.25) is 0 Å². The second-order valence-corrected chi connectivity index (χ2v) is 8.96. The normalized spacial score (nSPS) is 23.5. The predicted molar refractivity (Wildman–Crippen MR) is 59.4 cm³/mol. The van der Waals surface area contributed by atoms with Crippen molar-refractivity contribution >= 4 is 15.4 Å². The van der Waals surface area contributed by atoms with Crippen molar-refractivity contribution in [2.75, 3.05) is 0 Å². The van der Waals surface area contributed by atoms with Crippen LogP contribution in [0.1, 0.15) is 64.2 Å². The molecule has 3 heteroatoms. The molecule has 0 radical (unpaired) electrons. The second kappa shape index (κ2) is 9.18. The summed E-state index contributed by atoms with van der Waals surface area (Å²) >= 11 is 0.446. The Morgan fingerprint density at radius 3 is 1.20 bits per heavy atom. The molecule has 0 spiro atoms. The first-order valence-corrected chi connectivity index (χ1v) is 8.63. The van der Waals surface area contributed by atoms with Crippen molar-refractivity contribution in [1.82, 2.24) is 0 Å². The molecule has 0 atom stereocenters. The molecular formula is C12H22Cl2Ge. The minimum atomic E-state index is 0. The summed E-state index contributed by atoms with van der Waals surface area (Å²) in [4.78, 5) is 0. The number of halogens is 2. The average Bonchev–Trinajstić information content (AvgIpc) is 2.21. The van der Waals surface area contributed by atoms with Crippen LogP contribution in [0.3, 0.4) is 0 Å². The van der Waals surface area contributed by atoms with Crippen LogP contribution in [0.15, 0.2) is 0 Å². The first-order chi connectivity index (χ1) is 6.45. The van der Waals surface area contributed by atoms with Gasteiger partial charge in [-0.1, -0.05) is 0 Å². The molecule has 2 saturated carbocycles. The molecular weight excluding hydrogens is 288 g/mol. The van der Waals surface area contributed by atoms with E-state index < -0.39 is 0 Å². The Balaban J connectivity index is 0.000000980. The van der Waals surface area contributed by atoms with E-state index in [4.69, 9.17) is 0 Å². The van der Waals surface area contributed by atoms with Crippen LogP contribution in [0.5, 0.6) is 0 Å². The van der Waals surface area contributed by atoms with Crippen LogP contribution in [0.4, 0.5) is 0 Å². The van der Waals surface area contributed by atoms with E-state index in [1.54, 1.807) is 51.4 Å². The van der Waals surface area contributed by atoms with Crippen LogP contribution >= 0.6 is 0 Å². The maximum Gasteiger partial charge on any atom is -1.00 e. The predicted octanol–water partition coefficient (Wildman–Crippen LogP) is -1.80. The van der Waals surface area contributed by atoms with Crippen LogP contribution < -0.4 is 24.8 Å². The summed E-state index contributed by atoms with van der Waals surface area (Å²) < 4.78 is 2.49. The van der Waals surface area contributed by atoms with E-state index in [-0.39, 0.29) is 24.8 Å². The molecule has 88 valence electrons. The Kier molecular flexibility index (Phi) is 9.87. The Hall–Kier alpha value is 1.12. The number of hydrogen-bond donors (Lipinski definition) is 0. The summed E-state index contributed by atoms with van der Waals surface area (Å²) in [5, 5.41) is 0. The van der Waals surface area contributed by atoms with E-state index >= 15 is 0 Å². The van der Waals surface area contributed by atoms with E-state index in [0.717, 1.165) is 0 Å². The van der Waals surface area contributed by atoms with Crippen LogP contribution in [0, 0.1) is 0 Å². The van der Waals surface area contributed by atoms with Crippen molar-refractivity contribution in [2.24, 2.45) is 0 Å². The van der Waals surface area contributed by atoms with Crippen LogP contribution in [-0.4, -0.2) is 15.4 Å². The smallest absolute Gasteiger partial charge is 1.00 e. The maximum absolute atomic E-state index is 1.61. The fourth-order valence-corrected chi connectivity index (χ4v) is 7.38. The van der Waals surface area contributed by atoms with Crippen LogP contribution in [0.25, 0.3) is 0 Å². The third-order valence-corrected chi connectivity index (χ3v) is 8.08. The van der Waals surface area contributed by atoms with Gasteiger partial charge in [-0.15, -0.1) is 0 Å². The van der Waals surface area contributed by atoms with E-state index in [1.165, 1.54) is 22.3 Å². The van der Waals surface area contributed by atoms with Crippen LogP contribution in [0.2, 0.25) is 9.50 Å². The van der Waals surface area contributed by atoms with E-state index in [9.17, 15) is 0 Å². The Labute approximate surface area is 114 Å². The molecule has 2 aliphatic carbocycles. The van der Waals surface area contributed by atoms with Gasteiger partial charge < -0.3 is 24.8 Å². The van der Waals surface area contributed by atoms with Crippen molar-refractivity contribution < 1.29 is 24.8 Å². The molecule has 2 fully saturated rings. The SMILES string of the molecule is C1CC[CH]([Ge+2][CH]2CCCCC2)CC1.[Cl-].[Cl-]. The first kappa shape index (κ1) is 16.1. The summed E-state index contributed by atoms with van der Waals surface area (Å²) in [7, 11) is 0. The summed E-state index contributed by atoms with van der Waals surface area (Å²) in [5.41, 5.74) is 0. The third-order valence-electron chi connectivity index (χ3n) is 3.68. The standard InChI is InChI=1S/C12H22Ge.2ClH/c1-3-7-11(8-4-1)13-12-9-5-2-6-10-12;;/h11-12H,1-10H2;2*1H/q+2;;/p-2. The van der Waals surface area contributed by atoms with Gasteiger partial charge in [0.15, 0.2) is 0 Å². The molecule has 2 rings (SSSR count). The van der Waals surface area contributed by atoms with Gasteiger partial charge in [-0.3, -0.25) is 0 Å². The molecule has 15 heavy (non-hydrogen) atoms. The molecule has 0 heterocycles. The van der Waals surface area contributed by atoms with Crippen molar-refractivity contribution in [3.63, 3.8) is 0 Å². The molecule has 0 bridgehead atoms. The molecule has 0 aromatic rings. The van der Waals surface area contributed by atoms with E-state index in [1.807, 2.05) is 0 Å². The quantitative estimate of drug-likeness (QED) is 0.528. The molecule has 0 nitrogen and oxygen atoms in total. The van der Waals surface area contributed by atoms with Crippen molar-refractivity contribution in [3.05, 3.63) is 0 Å². The van der Waals surface area contributed by atoms with Crippen molar-refractivity contribution in [3.8, 4) is 0 Å². The Morgan fingerprint density at radius 2 is 0.867 bits per heavy atom. The Bertz CT molecular complexity index is 125. The molecule has 0 aromatic carbocycles. The van der Waals surface area contributed by atoms with Crippen molar-refractivity contribution in [1.29, 1.82) is 0 Å². The minimum absolute atomic E-state index is 0. The minimum Gasteiger partial charge on any atom is -1.00 e. The average molecular weight is 310 g/mol. The van der Waals surface area contributed by atoms with E-state index in [0.29, 0.717) is 15.4 Å². The molecule has 0 unspecified atom stereocenters. The molecule has 0 amide bonds. The number of rotatable bonds is 2. The largest absolute Gasteiger partial charge is 1.00 e. The van der Waals surface area contributed by atoms with Crippen molar-refractivity contribution in [2.45, 2.75) is 73.7 Å². The maximum atomic E-state index is 1.61. The Morgan fingerprint density at radius 1 is 0.533 bits per heavy atom. The zero-order chi connectivity index (χ0) is 8.93. The van der Waals surface area contributed by atoms with Gasteiger partial charge >= 0.3 is 89.1 Å². The molecule has 0 aromatic heterocycles. The number of hydrogen-bond acceptors (Lipinski definition) is 0. The third kappa shape index (κ3) is 5.84. The second-order valence-electron chi connectivity index (χ2n) is 4.84. The van der Waals surface area contributed by atoms with Gasteiger partial charge in [-0.05, 0) is 0 Å². The molecule has 0 aliphatic heterocycles. The molecule has 0 saturated heterocycles. The monoisotopic (exact) mass is 310 g/mol. The van der Waals surface area contributed by atoms with Gasteiger partial charge in [-0.25, -0.2) is 0 Å². The van der Waals surface area contributed by atoms with Gasteiger partial charge in [-0.2, -0.15) is 0 Å². The molecule has 0 N–H and O–H groups in total. The van der Waals surface area contributed by atoms with Gasteiger partial charge in [0.25, 0.3) is 0 Å². The summed E-state index contributed by atoms with van der Waals surface area (Å²) in [6.45, 7) is 0. The zero-order valence-electron chi connectivity index (χ0n) is 9.48.